The van der Waals surface area contributed by atoms with Crippen LogP contribution in [0.5, 0.6) is 0 Å². The molecule has 4 bridgehead atoms. The molecule has 4 fully saturated rings. The van der Waals surface area contributed by atoms with Crippen molar-refractivity contribution < 1.29 is 13.5 Å². The molecule has 9 heteroatoms. The van der Waals surface area contributed by atoms with Gasteiger partial charge in [0.25, 0.3) is 0 Å². The van der Waals surface area contributed by atoms with Gasteiger partial charge in [0, 0.05) is 17.3 Å². The molecule has 2 aromatic rings. The lowest BCUT2D eigenvalue weighted by Gasteiger charge is -2.60. The van der Waals surface area contributed by atoms with Crippen molar-refractivity contribution in [1.29, 1.82) is 0 Å². The zero-order valence-electron chi connectivity index (χ0n) is 16.7. The fourth-order valence-electron chi connectivity index (χ4n) is 6.32. The van der Waals surface area contributed by atoms with Gasteiger partial charge >= 0.3 is 0 Å². The number of rotatable bonds is 4. The van der Waals surface area contributed by atoms with Crippen molar-refractivity contribution in [1.82, 2.24) is 14.7 Å². The van der Waals surface area contributed by atoms with E-state index in [1.807, 2.05) is 0 Å². The van der Waals surface area contributed by atoms with Crippen molar-refractivity contribution in [3.05, 3.63) is 35.1 Å². The predicted octanol–water partition coefficient (Wildman–Crippen LogP) is 3.05. The van der Waals surface area contributed by atoms with E-state index in [-0.39, 0.29) is 15.9 Å². The van der Waals surface area contributed by atoms with Crippen LogP contribution in [0.1, 0.15) is 44.2 Å². The lowest BCUT2D eigenvalue weighted by molar-refractivity contribution is -0.137. The highest BCUT2D eigenvalue weighted by molar-refractivity contribution is 7.89. The van der Waals surface area contributed by atoms with Crippen LogP contribution >= 0.6 is 11.6 Å². The third kappa shape index (κ3) is 3.39. The Labute approximate surface area is 181 Å². The molecular weight excluding hydrogens is 424 g/mol. The first kappa shape index (κ1) is 20.2. The third-order valence-electron chi connectivity index (χ3n) is 6.91. The molecule has 2 atom stereocenters. The number of nitrogens with two attached hydrogens (primary N) is 1. The van der Waals surface area contributed by atoms with E-state index in [4.69, 9.17) is 17.3 Å². The molecule has 30 heavy (non-hydrogen) atoms. The van der Waals surface area contributed by atoms with Crippen LogP contribution < -0.4 is 10.5 Å². The van der Waals surface area contributed by atoms with Gasteiger partial charge in [-0.2, -0.15) is 0 Å². The van der Waals surface area contributed by atoms with E-state index in [2.05, 4.69) is 14.7 Å². The van der Waals surface area contributed by atoms with Crippen LogP contribution in [0.15, 0.2) is 29.3 Å². The Morgan fingerprint density at radius 3 is 2.57 bits per heavy atom. The Morgan fingerprint density at radius 1 is 1.23 bits per heavy atom. The maximum atomic E-state index is 13.4. The van der Waals surface area contributed by atoms with Gasteiger partial charge in [-0.3, -0.25) is 0 Å². The number of nitrogens with zero attached hydrogens (tertiary/aromatic N) is 2. The number of benzene rings is 1. The molecule has 4 saturated carbocycles. The summed E-state index contributed by atoms with van der Waals surface area (Å²) in [5, 5.41) is 11.1. The normalized spacial score (nSPS) is 32.5. The minimum atomic E-state index is -3.89. The van der Waals surface area contributed by atoms with Gasteiger partial charge in [0.2, 0.25) is 16.0 Å². The lowest BCUT2D eigenvalue weighted by atomic mass is 9.51. The number of halogens is 1. The van der Waals surface area contributed by atoms with Gasteiger partial charge in [-0.05, 0) is 75.0 Å². The van der Waals surface area contributed by atoms with Crippen LogP contribution in [-0.4, -0.2) is 34.6 Å². The van der Waals surface area contributed by atoms with Gasteiger partial charge in [0.15, 0.2) is 0 Å². The average Bonchev–Trinajstić information content (AvgIpc) is 2.59. The Kier molecular flexibility index (Phi) is 4.46. The molecule has 4 aliphatic rings. The van der Waals surface area contributed by atoms with E-state index < -0.39 is 21.2 Å². The molecule has 2 unspecified atom stereocenters. The summed E-state index contributed by atoms with van der Waals surface area (Å²) in [4.78, 5) is 8.21. The summed E-state index contributed by atoms with van der Waals surface area (Å²) < 4.78 is 29.8. The monoisotopic (exact) mass is 448 g/mol. The van der Waals surface area contributed by atoms with Crippen molar-refractivity contribution >= 4 is 27.6 Å². The zero-order valence-corrected chi connectivity index (χ0v) is 18.3. The number of nitrogen functional groups attached to an aromatic ring is 1. The molecular formula is C21H25ClN4O3S. The molecule has 4 aliphatic carbocycles. The Balaban J connectivity index is 1.50. The molecule has 0 amide bonds. The third-order valence-corrected chi connectivity index (χ3v) is 8.97. The second-order valence-electron chi connectivity index (χ2n) is 9.44. The Hall–Kier alpha value is -1.74. The van der Waals surface area contributed by atoms with Crippen LogP contribution in [0, 0.1) is 18.8 Å². The molecule has 0 aliphatic heterocycles. The van der Waals surface area contributed by atoms with Crippen molar-refractivity contribution in [3.63, 3.8) is 0 Å². The largest absolute Gasteiger partial charge is 0.390 e. The van der Waals surface area contributed by atoms with Gasteiger partial charge < -0.3 is 10.8 Å². The number of hydrogen-bond donors (Lipinski definition) is 3. The van der Waals surface area contributed by atoms with Gasteiger partial charge in [-0.1, -0.05) is 17.7 Å². The van der Waals surface area contributed by atoms with Gasteiger partial charge in [-0.25, -0.2) is 23.1 Å². The van der Waals surface area contributed by atoms with E-state index in [0.29, 0.717) is 35.1 Å². The van der Waals surface area contributed by atoms with Gasteiger partial charge in [-0.15, -0.1) is 0 Å². The number of nitrogens with one attached hydrogen (secondary N) is 1. The average molecular weight is 449 g/mol. The van der Waals surface area contributed by atoms with Crippen LogP contribution in [0.25, 0.3) is 11.1 Å². The van der Waals surface area contributed by atoms with Crippen molar-refractivity contribution in [3.8, 4) is 11.1 Å². The lowest BCUT2D eigenvalue weighted by Crippen LogP contribution is -2.65. The highest BCUT2D eigenvalue weighted by Crippen LogP contribution is 2.57. The predicted molar refractivity (Wildman–Crippen MR) is 114 cm³/mol. The summed E-state index contributed by atoms with van der Waals surface area (Å²) in [5.74, 6) is 0.908. The molecule has 0 saturated heterocycles. The number of sulfonamides is 1. The molecule has 6 rings (SSSR count). The summed E-state index contributed by atoms with van der Waals surface area (Å²) >= 11 is 6.33. The van der Waals surface area contributed by atoms with E-state index in [1.54, 1.807) is 31.3 Å². The van der Waals surface area contributed by atoms with E-state index >= 15 is 0 Å². The zero-order chi connectivity index (χ0) is 21.3. The smallest absolute Gasteiger partial charge is 0.242 e. The standard InChI is InChI=1S/C21H25ClN4O3S/c1-12-16(10-24-19(23)25-12)15-2-3-17(22)18(5-15)30(28,29)26-20-6-13-4-14(7-20)9-21(27,8-13)11-20/h2-3,5,10,13-14,26-27H,4,6-9,11H2,1H3,(H2,23,24,25). The van der Waals surface area contributed by atoms with Crippen molar-refractivity contribution in [2.75, 3.05) is 5.73 Å². The summed E-state index contributed by atoms with van der Waals surface area (Å²) in [6.45, 7) is 1.80. The number of aryl methyl sites for hydroxylation is 1. The van der Waals surface area contributed by atoms with E-state index in [0.717, 1.165) is 32.1 Å². The molecule has 1 heterocycles. The first-order valence-electron chi connectivity index (χ1n) is 10.2. The summed E-state index contributed by atoms with van der Waals surface area (Å²) in [5.41, 5.74) is 6.29. The maximum Gasteiger partial charge on any atom is 0.242 e. The molecule has 160 valence electrons. The van der Waals surface area contributed by atoms with Crippen LogP contribution in [-0.2, 0) is 10.0 Å². The van der Waals surface area contributed by atoms with Crippen molar-refractivity contribution in [2.45, 2.75) is 61.5 Å². The van der Waals surface area contributed by atoms with Crippen LogP contribution in [0.2, 0.25) is 5.02 Å². The molecule has 0 spiro atoms. The highest BCUT2D eigenvalue weighted by atomic mass is 35.5. The summed E-state index contributed by atoms with van der Waals surface area (Å²) in [6, 6.07) is 4.88. The molecule has 1 aromatic heterocycles. The second-order valence-corrected chi connectivity index (χ2v) is 11.5. The van der Waals surface area contributed by atoms with Crippen LogP contribution in [0.4, 0.5) is 5.95 Å². The molecule has 0 radical (unpaired) electrons. The molecule has 4 N–H and O–H groups in total. The minimum Gasteiger partial charge on any atom is -0.390 e. The van der Waals surface area contributed by atoms with Gasteiger partial charge in [0.05, 0.1) is 16.3 Å². The van der Waals surface area contributed by atoms with Gasteiger partial charge in [0.1, 0.15) is 4.90 Å². The summed E-state index contributed by atoms with van der Waals surface area (Å²) in [6.07, 6.45) is 6.23. The number of aromatic nitrogens is 2. The molecule has 7 nitrogen and oxygen atoms in total. The fraction of sp³-hybridized carbons (Fsp3) is 0.524. The number of anilines is 1. The number of hydrogen-bond acceptors (Lipinski definition) is 6. The highest BCUT2D eigenvalue weighted by Gasteiger charge is 2.58. The van der Waals surface area contributed by atoms with Crippen molar-refractivity contribution in [2.24, 2.45) is 11.8 Å². The molecule has 1 aromatic carbocycles. The first-order chi connectivity index (χ1) is 14.1. The maximum absolute atomic E-state index is 13.4. The Bertz CT molecular complexity index is 1120. The van der Waals surface area contributed by atoms with E-state index in [9.17, 15) is 13.5 Å². The van der Waals surface area contributed by atoms with Crippen LogP contribution in [0.3, 0.4) is 0 Å². The summed E-state index contributed by atoms with van der Waals surface area (Å²) in [7, 11) is -3.89. The number of aliphatic hydroxyl groups is 1. The first-order valence-corrected chi connectivity index (χ1v) is 12.1. The fourth-order valence-corrected chi connectivity index (χ4v) is 8.27. The second kappa shape index (κ2) is 6.63. The Morgan fingerprint density at radius 2 is 1.93 bits per heavy atom. The minimum absolute atomic E-state index is 0.0284. The SMILES string of the molecule is Cc1nc(N)ncc1-c1ccc(Cl)c(S(=O)(=O)NC23CC4CC(CC(O)(C4)C2)C3)c1. The quantitative estimate of drug-likeness (QED) is 0.661. The van der Waals surface area contributed by atoms with E-state index in [1.165, 1.54) is 0 Å². The topological polar surface area (TPSA) is 118 Å².